The number of rotatable bonds is 6. The molecule has 8 heteroatoms. The Morgan fingerprint density at radius 1 is 1.33 bits per heavy atom. The molecule has 1 fully saturated rings. The van der Waals surface area contributed by atoms with Crippen LogP contribution >= 0.6 is 22.9 Å². The lowest BCUT2D eigenvalue weighted by atomic mass is 9.98. The normalized spacial score (nSPS) is 18.4. The van der Waals surface area contributed by atoms with E-state index in [0.717, 1.165) is 5.56 Å². The van der Waals surface area contributed by atoms with Crippen molar-refractivity contribution in [3.63, 3.8) is 0 Å². The zero-order valence-corrected chi connectivity index (χ0v) is 17.6. The van der Waals surface area contributed by atoms with Crippen LogP contribution < -0.4 is 0 Å². The predicted molar refractivity (Wildman–Crippen MR) is 108 cm³/mol. The van der Waals surface area contributed by atoms with Gasteiger partial charge in [0.05, 0.1) is 5.92 Å². The summed E-state index contributed by atoms with van der Waals surface area (Å²) in [5.41, 5.74) is 0.969. The third-order valence-electron chi connectivity index (χ3n) is 4.78. The number of carbonyl (C=O) groups is 1. The maximum absolute atomic E-state index is 13.1. The number of piperidine rings is 1. The Bertz CT molecular complexity index is 884. The smallest absolute Gasteiger partial charge is 0.252 e. The quantitative estimate of drug-likeness (QED) is 0.704. The van der Waals surface area contributed by atoms with E-state index in [0.29, 0.717) is 41.7 Å². The summed E-state index contributed by atoms with van der Waals surface area (Å²) in [5.74, 6) is -0.309. The van der Waals surface area contributed by atoms with Gasteiger partial charge in [0.1, 0.15) is 4.21 Å². The van der Waals surface area contributed by atoms with E-state index < -0.39 is 10.0 Å². The van der Waals surface area contributed by atoms with Gasteiger partial charge in [-0.15, -0.1) is 11.3 Å². The number of halogens is 1. The summed E-state index contributed by atoms with van der Waals surface area (Å²) in [6.07, 6.45) is 1.40. The standard InChI is InChI=1S/C19H23ClN2O3S2/c1-2-21(13-15-6-3-8-17(20)12-15)19(23)16-7-4-10-22(14-16)27(24,25)18-9-5-11-26-18/h3,5-6,8-9,11-12,16H,2,4,7,10,13-14H2,1H3. The van der Waals surface area contributed by atoms with Crippen molar-refractivity contribution in [2.75, 3.05) is 19.6 Å². The molecule has 0 bridgehead atoms. The topological polar surface area (TPSA) is 57.7 Å². The number of sulfonamides is 1. The second kappa shape index (κ2) is 8.73. The SMILES string of the molecule is CCN(Cc1cccc(Cl)c1)C(=O)C1CCCN(S(=O)(=O)c2cccs2)C1. The molecule has 1 aliphatic heterocycles. The molecule has 0 N–H and O–H groups in total. The van der Waals surface area contributed by atoms with Crippen molar-refractivity contribution in [3.05, 3.63) is 52.4 Å². The fourth-order valence-corrected chi connectivity index (χ4v) is 6.24. The Balaban J connectivity index is 1.71. The maximum atomic E-state index is 13.1. The van der Waals surface area contributed by atoms with Gasteiger partial charge < -0.3 is 4.90 Å². The van der Waals surface area contributed by atoms with Crippen molar-refractivity contribution in [1.29, 1.82) is 0 Å². The van der Waals surface area contributed by atoms with E-state index in [1.54, 1.807) is 28.5 Å². The molecule has 27 heavy (non-hydrogen) atoms. The molecule has 0 saturated carbocycles. The Kier molecular flexibility index (Phi) is 6.57. The van der Waals surface area contributed by atoms with E-state index in [2.05, 4.69) is 0 Å². The van der Waals surface area contributed by atoms with Crippen LogP contribution in [0.4, 0.5) is 0 Å². The molecule has 1 saturated heterocycles. The molecule has 146 valence electrons. The zero-order valence-electron chi connectivity index (χ0n) is 15.2. The van der Waals surface area contributed by atoms with Crippen LogP contribution in [0.5, 0.6) is 0 Å². The van der Waals surface area contributed by atoms with Gasteiger partial charge in [0.15, 0.2) is 0 Å². The molecule has 1 aromatic carbocycles. The molecule has 0 aliphatic carbocycles. The van der Waals surface area contributed by atoms with Gasteiger partial charge in [-0.1, -0.05) is 29.8 Å². The average Bonchev–Trinajstić information content (AvgIpc) is 3.21. The number of hydrogen-bond donors (Lipinski definition) is 0. The zero-order chi connectivity index (χ0) is 19.4. The fraction of sp³-hybridized carbons (Fsp3) is 0.421. The van der Waals surface area contributed by atoms with E-state index in [9.17, 15) is 13.2 Å². The van der Waals surface area contributed by atoms with Gasteiger partial charge in [-0.05, 0) is 48.9 Å². The number of nitrogens with zero attached hydrogens (tertiary/aromatic N) is 2. The Morgan fingerprint density at radius 3 is 2.81 bits per heavy atom. The summed E-state index contributed by atoms with van der Waals surface area (Å²) in [7, 11) is -3.52. The van der Waals surface area contributed by atoms with Gasteiger partial charge >= 0.3 is 0 Å². The van der Waals surface area contributed by atoms with Gasteiger partial charge in [-0.25, -0.2) is 8.42 Å². The highest BCUT2D eigenvalue weighted by Gasteiger charge is 2.35. The molecule has 1 unspecified atom stereocenters. The number of thiophene rings is 1. The maximum Gasteiger partial charge on any atom is 0.252 e. The van der Waals surface area contributed by atoms with Crippen molar-refractivity contribution in [2.45, 2.75) is 30.5 Å². The van der Waals surface area contributed by atoms with Crippen molar-refractivity contribution in [3.8, 4) is 0 Å². The summed E-state index contributed by atoms with van der Waals surface area (Å²) < 4.78 is 27.4. The largest absolute Gasteiger partial charge is 0.338 e. The first kappa shape index (κ1) is 20.3. The van der Waals surface area contributed by atoms with Crippen LogP contribution in [0, 0.1) is 5.92 Å². The summed E-state index contributed by atoms with van der Waals surface area (Å²) in [5, 5.41) is 2.39. The lowest BCUT2D eigenvalue weighted by Crippen LogP contribution is -2.46. The molecule has 1 amide bonds. The van der Waals surface area contributed by atoms with Crippen molar-refractivity contribution < 1.29 is 13.2 Å². The van der Waals surface area contributed by atoms with Gasteiger partial charge in [0.25, 0.3) is 10.0 Å². The molecule has 1 aromatic heterocycles. The minimum Gasteiger partial charge on any atom is -0.338 e. The first-order valence-electron chi connectivity index (χ1n) is 8.98. The summed E-state index contributed by atoms with van der Waals surface area (Å²) >= 11 is 7.25. The predicted octanol–water partition coefficient (Wildman–Crippen LogP) is 3.85. The van der Waals surface area contributed by atoms with E-state index >= 15 is 0 Å². The summed E-state index contributed by atoms with van der Waals surface area (Å²) in [6.45, 7) is 3.69. The van der Waals surface area contributed by atoms with Gasteiger partial charge in [-0.3, -0.25) is 4.79 Å². The molecule has 2 heterocycles. The average molecular weight is 427 g/mol. The Hall–Kier alpha value is -1.41. The highest BCUT2D eigenvalue weighted by molar-refractivity contribution is 7.91. The highest BCUT2D eigenvalue weighted by atomic mass is 35.5. The fourth-order valence-electron chi connectivity index (χ4n) is 3.36. The van der Waals surface area contributed by atoms with E-state index in [1.165, 1.54) is 15.6 Å². The molecule has 0 spiro atoms. The monoisotopic (exact) mass is 426 g/mol. The van der Waals surface area contributed by atoms with Crippen molar-refractivity contribution in [2.24, 2.45) is 5.92 Å². The molecular weight excluding hydrogens is 404 g/mol. The lowest BCUT2D eigenvalue weighted by molar-refractivity contribution is -0.137. The summed E-state index contributed by atoms with van der Waals surface area (Å²) in [4.78, 5) is 14.8. The molecule has 2 aromatic rings. The van der Waals surface area contributed by atoms with E-state index in [4.69, 9.17) is 11.6 Å². The van der Waals surface area contributed by atoms with Crippen molar-refractivity contribution in [1.82, 2.24) is 9.21 Å². The third-order valence-corrected chi connectivity index (χ3v) is 8.25. The van der Waals surface area contributed by atoms with E-state index in [1.807, 2.05) is 25.1 Å². The molecule has 1 aliphatic rings. The number of carbonyl (C=O) groups excluding carboxylic acids is 1. The highest BCUT2D eigenvalue weighted by Crippen LogP contribution is 2.27. The van der Waals surface area contributed by atoms with Gasteiger partial charge in [-0.2, -0.15) is 4.31 Å². The first-order chi connectivity index (χ1) is 12.9. The Labute approximate surface area is 169 Å². The van der Waals surface area contributed by atoms with E-state index in [-0.39, 0.29) is 18.4 Å². The Morgan fingerprint density at radius 2 is 2.15 bits per heavy atom. The van der Waals surface area contributed by atoms with Crippen LogP contribution in [-0.2, 0) is 21.4 Å². The minimum absolute atomic E-state index is 0.00329. The van der Waals surface area contributed by atoms with Crippen LogP contribution in [0.3, 0.4) is 0 Å². The molecular formula is C19H23ClN2O3S2. The molecule has 1 atom stereocenters. The third kappa shape index (κ3) is 4.71. The number of benzene rings is 1. The van der Waals surface area contributed by atoms with Crippen molar-refractivity contribution >= 4 is 38.9 Å². The number of amides is 1. The van der Waals surface area contributed by atoms with Gasteiger partial charge in [0.2, 0.25) is 5.91 Å². The molecule has 3 rings (SSSR count). The van der Waals surface area contributed by atoms with Crippen LogP contribution in [0.1, 0.15) is 25.3 Å². The minimum atomic E-state index is -3.52. The second-order valence-electron chi connectivity index (χ2n) is 6.62. The van der Waals surface area contributed by atoms with Crippen LogP contribution in [-0.4, -0.2) is 43.2 Å². The first-order valence-corrected chi connectivity index (χ1v) is 11.7. The van der Waals surface area contributed by atoms with Gasteiger partial charge in [0, 0.05) is 31.2 Å². The van der Waals surface area contributed by atoms with Crippen LogP contribution in [0.2, 0.25) is 5.02 Å². The molecule has 0 radical (unpaired) electrons. The number of hydrogen-bond acceptors (Lipinski definition) is 4. The van der Waals surface area contributed by atoms with Crippen LogP contribution in [0.15, 0.2) is 46.0 Å². The summed E-state index contributed by atoms with van der Waals surface area (Å²) in [6, 6.07) is 10.8. The second-order valence-corrected chi connectivity index (χ2v) is 10.2. The lowest BCUT2D eigenvalue weighted by Gasteiger charge is -2.34. The van der Waals surface area contributed by atoms with Crippen LogP contribution in [0.25, 0.3) is 0 Å². The molecule has 5 nitrogen and oxygen atoms in total.